The van der Waals surface area contributed by atoms with E-state index >= 15 is 0 Å². The Labute approximate surface area is 182 Å². The predicted octanol–water partition coefficient (Wildman–Crippen LogP) is 2.05. The van der Waals surface area contributed by atoms with Crippen LogP contribution >= 0.6 is 0 Å². The van der Waals surface area contributed by atoms with Gasteiger partial charge >= 0.3 is 0 Å². The van der Waals surface area contributed by atoms with Gasteiger partial charge in [0.2, 0.25) is 15.9 Å². The lowest BCUT2D eigenvalue weighted by molar-refractivity contribution is -0.131. The van der Waals surface area contributed by atoms with Gasteiger partial charge in [-0.25, -0.2) is 12.8 Å². The summed E-state index contributed by atoms with van der Waals surface area (Å²) in [5.74, 6) is -0.777. The Hall–Kier alpha value is -2.80. The van der Waals surface area contributed by atoms with Gasteiger partial charge in [0, 0.05) is 39.8 Å². The molecular weight excluding hydrogens is 419 g/mol. The van der Waals surface area contributed by atoms with E-state index in [0.29, 0.717) is 25.2 Å². The van der Waals surface area contributed by atoms with Crippen LogP contribution < -0.4 is 0 Å². The molecule has 0 N–H and O–H groups in total. The second-order valence-corrected chi connectivity index (χ2v) is 9.58. The van der Waals surface area contributed by atoms with Gasteiger partial charge in [-0.05, 0) is 48.4 Å². The Morgan fingerprint density at radius 3 is 2.39 bits per heavy atom. The number of nitriles is 1. The standard InChI is InChI=1S/C22H25FN4O3S/c1-25(31(29,30)21-9-7-20(23)8-10-21)17-22(28)27-12-2-11-26(13-14-27)16-19-5-3-18(15-24)4-6-19/h3-10H,2,11-14,16-17H2,1H3. The van der Waals surface area contributed by atoms with Crippen molar-refractivity contribution >= 4 is 15.9 Å². The first-order valence-corrected chi connectivity index (χ1v) is 11.4. The molecule has 1 amide bonds. The van der Waals surface area contributed by atoms with Crippen LogP contribution in [0, 0.1) is 17.1 Å². The highest BCUT2D eigenvalue weighted by molar-refractivity contribution is 7.89. The van der Waals surface area contributed by atoms with Crippen LogP contribution in [0.5, 0.6) is 0 Å². The zero-order valence-electron chi connectivity index (χ0n) is 17.4. The number of halogens is 1. The average Bonchev–Trinajstić information content (AvgIpc) is 3.00. The Kier molecular flexibility index (Phi) is 7.38. The summed E-state index contributed by atoms with van der Waals surface area (Å²) in [6.07, 6.45) is 0.788. The van der Waals surface area contributed by atoms with Gasteiger partial charge in [-0.2, -0.15) is 9.57 Å². The molecule has 0 saturated carbocycles. The van der Waals surface area contributed by atoms with Crippen molar-refractivity contribution in [1.82, 2.24) is 14.1 Å². The van der Waals surface area contributed by atoms with Crippen LogP contribution in [-0.2, 0) is 21.4 Å². The van der Waals surface area contributed by atoms with Crippen molar-refractivity contribution in [3.8, 4) is 6.07 Å². The second-order valence-electron chi connectivity index (χ2n) is 7.53. The number of hydrogen-bond acceptors (Lipinski definition) is 5. The molecule has 1 heterocycles. The van der Waals surface area contributed by atoms with E-state index in [0.717, 1.165) is 41.5 Å². The summed E-state index contributed by atoms with van der Waals surface area (Å²) in [6.45, 7) is 3.04. The van der Waals surface area contributed by atoms with E-state index in [4.69, 9.17) is 5.26 Å². The van der Waals surface area contributed by atoms with Gasteiger partial charge in [0.05, 0.1) is 23.1 Å². The Morgan fingerprint density at radius 2 is 1.74 bits per heavy atom. The average molecular weight is 445 g/mol. The molecule has 2 aromatic carbocycles. The van der Waals surface area contributed by atoms with Crippen LogP contribution in [-0.4, -0.2) is 68.2 Å². The zero-order valence-corrected chi connectivity index (χ0v) is 18.2. The number of amides is 1. The summed E-state index contributed by atoms with van der Waals surface area (Å²) in [7, 11) is -2.52. The molecule has 0 bridgehead atoms. The maximum Gasteiger partial charge on any atom is 0.243 e. The number of benzene rings is 2. The molecule has 0 atom stereocenters. The van der Waals surface area contributed by atoms with Crippen LogP contribution in [0.2, 0.25) is 0 Å². The molecule has 1 aliphatic heterocycles. The molecule has 1 aliphatic rings. The van der Waals surface area contributed by atoms with Gasteiger partial charge in [0.1, 0.15) is 5.82 Å². The van der Waals surface area contributed by atoms with Crippen molar-refractivity contribution in [2.75, 3.05) is 39.8 Å². The van der Waals surface area contributed by atoms with Crippen molar-refractivity contribution < 1.29 is 17.6 Å². The molecule has 1 saturated heterocycles. The fourth-order valence-electron chi connectivity index (χ4n) is 3.48. The normalized spacial score (nSPS) is 15.5. The summed E-state index contributed by atoms with van der Waals surface area (Å²) in [6, 6.07) is 14.1. The minimum absolute atomic E-state index is 0.0475. The van der Waals surface area contributed by atoms with Crippen LogP contribution in [0.3, 0.4) is 0 Å². The minimum Gasteiger partial charge on any atom is -0.340 e. The number of hydrogen-bond donors (Lipinski definition) is 0. The summed E-state index contributed by atoms with van der Waals surface area (Å²) in [4.78, 5) is 16.6. The maximum atomic E-state index is 13.1. The molecule has 164 valence electrons. The van der Waals surface area contributed by atoms with Crippen molar-refractivity contribution in [2.24, 2.45) is 0 Å². The molecule has 3 rings (SSSR count). The van der Waals surface area contributed by atoms with E-state index < -0.39 is 15.8 Å². The number of nitrogens with zero attached hydrogens (tertiary/aromatic N) is 4. The van der Waals surface area contributed by atoms with E-state index in [1.807, 2.05) is 12.1 Å². The third kappa shape index (κ3) is 5.88. The minimum atomic E-state index is -3.87. The molecule has 0 radical (unpaired) electrons. The maximum absolute atomic E-state index is 13.1. The number of rotatable bonds is 6. The SMILES string of the molecule is CN(CC(=O)N1CCCN(Cc2ccc(C#N)cc2)CC1)S(=O)(=O)c1ccc(F)cc1. The Morgan fingerprint density at radius 1 is 1.06 bits per heavy atom. The fraction of sp³-hybridized carbons (Fsp3) is 0.364. The topological polar surface area (TPSA) is 84.7 Å². The first-order chi connectivity index (χ1) is 14.8. The van der Waals surface area contributed by atoms with E-state index in [1.54, 1.807) is 17.0 Å². The molecule has 0 aromatic heterocycles. The highest BCUT2D eigenvalue weighted by atomic mass is 32.2. The van der Waals surface area contributed by atoms with Crippen LogP contribution in [0.4, 0.5) is 4.39 Å². The highest BCUT2D eigenvalue weighted by Gasteiger charge is 2.26. The Bertz CT molecular complexity index is 1050. The van der Waals surface area contributed by atoms with E-state index in [1.165, 1.54) is 19.2 Å². The number of carbonyl (C=O) groups is 1. The molecule has 2 aromatic rings. The molecule has 1 fully saturated rings. The summed E-state index contributed by atoms with van der Waals surface area (Å²) >= 11 is 0. The third-order valence-electron chi connectivity index (χ3n) is 5.31. The van der Waals surface area contributed by atoms with E-state index in [2.05, 4.69) is 11.0 Å². The summed E-state index contributed by atoms with van der Waals surface area (Å²) < 4.78 is 39.4. The quantitative estimate of drug-likeness (QED) is 0.681. The molecular formula is C22H25FN4O3S. The molecule has 7 nitrogen and oxygen atoms in total. The van der Waals surface area contributed by atoms with Gasteiger partial charge < -0.3 is 4.90 Å². The number of carbonyl (C=O) groups excluding carboxylic acids is 1. The van der Waals surface area contributed by atoms with E-state index in [9.17, 15) is 17.6 Å². The molecule has 0 aliphatic carbocycles. The molecule has 9 heteroatoms. The van der Waals surface area contributed by atoms with E-state index in [-0.39, 0.29) is 17.3 Å². The lowest BCUT2D eigenvalue weighted by Crippen LogP contribution is -2.42. The number of likely N-dealkylation sites (N-methyl/N-ethyl adjacent to an activating group) is 1. The largest absolute Gasteiger partial charge is 0.340 e. The van der Waals surface area contributed by atoms with Gasteiger partial charge in [-0.3, -0.25) is 9.69 Å². The smallest absolute Gasteiger partial charge is 0.243 e. The predicted molar refractivity (Wildman–Crippen MR) is 114 cm³/mol. The van der Waals surface area contributed by atoms with Gasteiger partial charge in [-0.15, -0.1) is 0 Å². The lowest BCUT2D eigenvalue weighted by Gasteiger charge is -2.24. The molecule has 0 unspecified atom stereocenters. The fourth-order valence-corrected chi connectivity index (χ4v) is 4.60. The number of sulfonamides is 1. The summed E-state index contributed by atoms with van der Waals surface area (Å²) in [5.41, 5.74) is 1.72. The van der Waals surface area contributed by atoms with Crippen molar-refractivity contribution in [3.05, 3.63) is 65.5 Å². The van der Waals surface area contributed by atoms with Crippen molar-refractivity contribution in [3.63, 3.8) is 0 Å². The van der Waals surface area contributed by atoms with Gasteiger partial charge in [0.15, 0.2) is 0 Å². The van der Waals surface area contributed by atoms with Gasteiger partial charge in [-0.1, -0.05) is 12.1 Å². The lowest BCUT2D eigenvalue weighted by atomic mass is 10.1. The van der Waals surface area contributed by atoms with Crippen molar-refractivity contribution in [2.45, 2.75) is 17.9 Å². The molecule has 31 heavy (non-hydrogen) atoms. The highest BCUT2D eigenvalue weighted by Crippen LogP contribution is 2.16. The first kappa shape index (κ1) is 22.9. The summed E-state index contributed by atoms with van der Waals surface area (Å²) in [5, 5.41) is 8.90. The zero-order chi connectivity index (χ0) is 22.4. The second kappa shape index (κ2) is 10.0. The monoisotopic (exact) mass is 444 g/mol. The Balaban J connectivity index is 1.56. The van der Waals surface area contributed by atoms with Crippen LogP contribution in [0.15, 0.2) is 53.4 Å². The van der Waals surface area contributed by atoms with Crippen LogP contribution in [0.25, 0.3) is 0 Å². The van der Waals surface area contributed by atoms with Crippen molar-refractivity contribution in [1.29, 1.82) is 5.26 Å². The van der Waals surface area contributed by atoms with Crippen LogP contribution in [0.1, 0.15) is 17.5 Å². The van der Waals surface area contributed by atoms with Gasteiger partial charge in [0.25, 0.3) is 0 Å². The third-order valence-corrected chi connectivity index (χ3v) is 7.13. The first-order valence-electron chi connectivity index (χ1n) is 10.0. The molecule has 0 spiro atoms.